The normalized spacial score (nSPS) is 14.3. The molecule has 0 aliphatic carbocycles. The van der Waals surface area contributed by atoms with Gasteiger partial charge in [-0.1, -0.05) is 12.0 Å². The van der Waals surface area contributed by atoms with Gasteiger partial charge in [-0.2, -0.15) is 8.78 Å². The third kappa shape index (κ3) is 4.10. The first-order valence-corrected chi connectivity index (χ1v) is 6.49. The molecule has 8 heteroatoms. The number of methoxy groups -OCH3 is 1. The average Bonchev–Trinajstić information content (AvgIpc) is 2.34. The molecule has 22 heavy (non-hydrogen) atoms. The molecule has 0 aliphatic rings. The Balaban J connectivity index is 6.13. The molecule has 0 radical (unpaired) electrons. The Kier molecular flexibility index (Phi) is 6.39. The summed E-state index contributed by atoms with van der Waals surface area (Å²) in [6.45, 7) is 7.39. The lowest BCUT2D eigenvalue weighted by Crippen LogP contribution is -2.65. The number of carbonyl (C=O) groups excluding carboxylic acids is 2. The zero-order valence-corrected chi connectivity index (χ0v) is 13.5. The fourth-order valence-electron chi connectivity index (χ4n) is 1.54. The van der Waals surface area contributed by atoms with Crippen LogP contribution in [0.15, 0.2) is 12.7 Å². The van der Waals surface area contributed by atoms with Crippen LogP contribution in [0.2, 0.25) is 0 Å². The minimum Gasteiger partial charge on any atom is -0.466 e. The molecule has 124 valence electrons. The van der Waals surface area contributed by atoms with Gasteiger partial charge < -0.3 is 9.47 Å². The monoisotopic (exact) mass is 337 g/mol. The first kappa shape index (κ1) is 20.2. The van der Waals surface area contributed by atoms with E-state index in [1.54, 1.807) is 5.92 Å². The summed E-state index contributed by atoms with van der Waals surface area (Å²) in [6.07, 6.45) is 4.95. The van der Waals surface area contributed by atoms with Crippen molar-refractivity contribution >= 4 is 23.7 Å². The standard InChI is InChI=1S/C14H18ClF2NO4/c1-7-9-18(11(20)22-12(3,4)5)13(8-2,10(19)21-6)14(15,16)17/h2,7H,1,9H2,3-6H3. The maximum absolute atomic E-state index is 13.9. The molecule has 0 N–H and O–H groups in total. The summed E-state index contributed by atoms with van der Waals surface area (Å²) in [7, 11) is 0.845. The van der Waals surface area contributed by atoms with Crippen LogP contribution in [0.25, 0.3) is 0 Å². The van der Waals surface area contributed by atoms with Crippen LogP contribution >= 0.6 is 11.6 Å². The molecule has 0 aromatic heterocycles. The summed E-state index contributed by atoms with van der Waals surface area (Å²) in [5.41, 5.74) is -4.17. The number of rotatable bonds is 5. The van der Waals surface area contributed by atoms with Crippen molar-refractivity contribution in [3.63, 3.8) is 0 Å². The van der Waals surface area contributed by atoms with Gasteiger partial charge in [-0.25, -0.2) is 9.59 Å². The lowest BCUT2D eigenvalue weighted by molar-refractivity contribution is -0.163. The van der Waals surface area contributed by atoms with Gasteiger partial charge in [0.2, 0.25) is 0 Å². The molecule has 1 unspecified atom stereocenters. The predicted molar refractivity (Wildman–Crippen MR) is 77.5 cm³/mol. The highest BCUT2D eigenvalue weighted by molar-refractivity contribution is 6.25. The predicted octanol–water partition coefficient (Wildman–Crippen LogP) is 2.79. The van der Waals surface area contributed by atoms with E-state index < -0.39 is 35.1 Å². The highest BCUT2D eigenvalue weighted by Crippen LogP contribution is 2.39. The number of terminal acetylenes is 1. The Labute approximate surface area is 133 Å². The van der Waals surface area contributed by atoms with Crippen molar-refractivity contribution in [3.05, 3.63) is 12.7 Å². The molecular weight excluding hydrogens is 320 g/mol. The molecule has 0 rings (SSSR count). The van der Waals surface area contributed by atoms with Crippen LogP contribution in [0, 0.1) is 12.3 Å². The van der Waals surface area contributed by atoms with Gasteiger partial charge in [-0.15, -0.1) is 13.0 Å². The van der Waals surface area contributed by atoms with E-state index in [9.17, 15) is 18.4 Å². The fraction of sp³-hybridized carbons (Fsp3) is 0.571. The molecule has 1 amide bonds. The van der Waals surface area contributed by atoms with Crippen LogP contribution < -0.4 is 0 Å². The van der Waals surface area contributed by atoms with Gasteiger partial charge in [-0.3, -0.25) is 4.90 Å². The summed E-state index contributed by atoms with van der Waals surface area (Å²) in [5, 5.41) is -4.30. The second-order valence-electron chi connectivity index (χ2n) is 5.22. The molecule has 0 saturated carbocycles. The molecule has 0 fully saturated rings. The number of carbonyl (C=O) groups is 2. The van der Waals surface area contributed by atoms with Crippen LogP contribution in [-0.4, -0.2) is 47.1 Å². The Morgan fingerprint density at radius 2 is 1.91 bits per heavy atom. The van der Waals surface area contributed by atoms with Crippen molar-refractivity contribution in [1.82, 2.24) is 4.90 Å². The zero-order chi connectivity index (χ0) is 17.8. The zero-order valence-electron chi connectivity index (χ0n) is 12.8. The number of hydrogen-bond donors (Lipinski definition) is 0. The SMILES string of the molecule is C#CC(C(=O)OC)(N(CC=C)C(=O)OC(C)(C)C)C(F)(F)Cl. The number of ether oxygens (including phenoxy) is 2. The van der Waals surface area contributed by atoms with Gasteiger partial charge >= 0.3 is 17.4 Å². The molecular formula is C14H18ClF2NO4. The summed E-state index contributed by atoms with van der Waals surface area (Å²) >= 11 is 5.02. The van der Waals surface area contributed by atoms with E-state index in [0.29, 0.717) is 4.90 Å². The van der Waals surface area contributed by atoms with Crippen molar-refractivity contribution in [2.45, 2.75) is 37.3 Å². The summed E-state index contributed by atoms with van der Waals surface area (Å²) in [4.78, 5) is 24.4. The summed E-state index contributed by atoms with van der Waals surface area (Å²) in [5.74, 6) is 0.0117. The molecule has 0 aromatic carbocycles. The molecule has 0 heterocycles. The highest BCUT2D eigenvalue weighted by Gasteiger charge is 2.64. The van der Waals surface area contributed by atoms with Gasteiger partial charge in [-0.05, 0) is 32.4 Å². The molecule has 0 spiro atoms. The van der Waals surface area contributed by atoms with Crippen molar-refractivity contribution in [3.8, 4) is 12.3 Å². The van der Waals surface area contributed by atoms with E-state index in [2.05, 4.69) is 11.3 Å². The average molecular weight is 338 g/mol. The lowest BCUT2D eigenvalue weighted by Gasteiger charge is -2.39. The molecule has 0 aliphatic heterocycles. The smallest absolute Gasteiger partial charge is 0.412 e. The number of amides is 1. The van der Waals surface area contributed by atoms with Gasteiger partial charge in [0, 0.05) is 6.54 Å². The largest absolute Gasteiger partial charge is 0.466 e. The Morgan fingerprint density at radius 3 is 2.18 bits per heavy atom. The fourth-order valence-corrected chi connectivity index (χ4v) is 1.77. The second kappa shape index (κ2) is 6.97. The van der Waals surface area contributed by atoms with Gasteiger partial charge in [0.15, 0.2) is 0 Å². The molecule has 0 aromatic rings. The number of halogens is 3. The number of esters is 1. The first-order chi connectivity index (χ1) is 9.87. The number of alkyl halides is 3. The first-order valence-electron chi connectivity index (χ1n) is 6.11. The van der Waals surface area contributed by atoms with E-state index in [1.165, 1.54) is 20.8 Å². The Bertz CT molecular complexity index is 491. The summed E-state index contributed by atoms with van der Waals surface area (Å²) < 4.78 is 37.1. The van der Waals surface area contributed by atoms with Crippen LogP contribution in [0.1, 0.15) is 20.8 Å². The van der Waals surface area contributed by atoms with Crippen LogP contribution in [0.4, 0.5) is 13.6 Å². The van der Waals surface area contributed by atoms with Crippen LogP contribution in [0.5, 0.6) is 0 Å². The maximum Gasteiger partial charge on any atom is 0.412 e. The van der Waals surface area contributed by atoms with E-state index in [1.807, 2.05) is 0 Å². The minimum absolute atomic E-state index is 0.310. The van der Waals surface area contributed by atoms with Crippen molar-refractivity contribution in [2.24, 2.45) is 0 Å². The van der Waals surface area contributed by atoms with E-state index in [0.717, 1.165) is 13.2 Å². The topological polar surface area (TPSA) is 55.8 Å². The molecule has 0 bridgehead atoms. The molecule has 5 nitrogen and oxygen atoms in total. The lowest BCUT2D eigenvalue weighted by atomic mass is 9.98. The van der Waals surface area contributed by atoms with Crippen molar-refractivity contribution < 1.29 is 27.8 Å². The highest BCUT2D eigenvalue weighted by atomic mass is 35.5. The van der Waals surface area contributed by atoms with E-state index in [-0.39, 0.29) is 0 Å². The van der Waals surface area contributed by atoms with Gasteiger partial charge in [0.25, 0.3) is 5.54 Å². The Morgan fingerprint density at radius 1 is 1.41 bits per heavy atom. The summed E-state index contributed by atoms with van der Waals surface area (Å²) in [6, 6.07) is 0. The molecule has 1 atom stereocenters. The van der Waals surface area contributed by atoms with E-state index in [4.69, 9.17) is 22.8 Å². The minimum atomic E-state index is -4.30. The van der Waals surface area contributed by atoms with Crippen molar-refractivity contribution in [2.75, 3.05) is 13.7 Å². The van der Waals surface area contributed by atoms with Gasteiger partial charge in [0.1, 0.15) is 5.60 Å². The van der Waals surface area contributed by atoms with Crippen LogP contribution in [0.3, 0.4) is 0 Å². The number of hydrogen-bond acceptors (Lipinski definition) is 4. The van der Waals surface area contributed by atoms with E-state index >= 15 is 0 Å². The number of nitrogens with zero attached hydrogens (tertiary/aromatic N) is 1. The Hall–Kier alpha value is -1.81. The quantitative estimate of drug-likeness (QED) is 0.335. The third-order valence-corrected chi connectivity index (χ3v) is 2.70. The van der Waals surface area contributed by atoms with Crippen molar-refractivity contribution in [1.29, 1.82) is 0 Å². The van der Waals surface area contributed by atoms with Gasteiger partial charge in [0.05, 0.1) is 7.11 Å². The maximum atomic E-state index is 13.9. The third-order valence-electron chi connectivity index (χ3n) is 2.43. The molecule has 0 saturated heterocycles. The van der Waals surface area contributed by atoms with Crippen LogP contribution in [-0.2, 0) is 14.3 Å². The second-order valence-corrected chi connectivity index (χ2v) is 5.70.